The van der Waals surface area contributed by atoms with Crippen LogP contribution in [0.1, 0.15) is 6.92 Å². The molecule has 0 unspecified atom stereocenters. The number of nitrogens with zero attached hydrogens (tertiary/aromatic N) is 1. The van der Waals surface area contributed by atoms with Crippen molar-refractivity contribution in [2.75, 3.05) is 30.8 Å². The molecule has 126 valence electrons. The molecule has 2 N–H and O–H groups in total. The highest BCUT2D eigenvalue weighted by atomic mass is 16.6. The fourth-order valence-electron chi connectivity index (χ4n) is 2.04. The largest absolute Gasteiger partial charge is 0.450 e. The molecule has 0 bridgehead atoms. The molecule has 0 aliphatic rings. The van der Waals surface area contributed by atoms with Crippen molar-refractivity contribution in [1.82, 2.24) is 4.90 Å². The van der Waals surface area contributed by atoms with E-state index >= 15 is 0 Å². The average Bonchev–Trinajstić information content (AvgIpc) is 2.57. The molecule has 2 aromatic rings. The van der Waals surface area contributed by atoms with Gasteiger partial charge in [0.25, 0.3) is 0 Å². The quantitative estimate of drug-likeness (QED) is 0.852. The number of benzene rings is 2. The smallest absolute Gasteiger partial charge is 0.409 e. The SMILES string of the molecule is CCOC(=O)N(C)CC(=O)Nc1ccc(Nc2ccccc2)cc1. The van der Waals surface area contributed by atoms with Crippen molar-refractivity contribution in [2.45, 2.75) is 6.92 Å². The Morgan fingerprint density at radius 2 is 1.54 bits per heavy atom. The van der Waals surface area contributed by atoms with Gasteiger partial charge < -0.3 is 20.3 Å². The zero-order chi connectivity index (χ0) is 17.4. The zero-order valence-corrected chi connectivity index (χ0v) is 13.8. The predicted molar refractivity (Wildman–Crippen MR) is 94.4 cm³/mol. The standard InChI is InChI=1S/C18H21N3O3/c1-3-24-18(23)21(2)13-17(22)20-16-11-9-15(10-12-16)19-14-7-5-4-6-8-14/h4-12,19H,3,13H2,1-2H3,(H,20,22). The Morgan fingerprint density at radius 1 is 0.958 bits per heavy atom. The van der Waals surface area contributed by atoms with Crippen LogP contribution < -0.4 is 10.6 Å². The molecule has 6 heteroatoms. The van der Waals surface area contributed by atoms with Crippen molar-refractivity contribution >= 4 is 29.1 Å². The molecule has 0 saturated heterocycles. The van der Waals surface area contributed by atoms with Crippen LogP contribution >= 0.6 is 0 Å². The molecule has 0 aliphatic carbocycles. The molecule has 0 radical (unpaired) electrons. The van der Waals surface area contributed by atoms with Crippen LogP contribution in [0.2, 0.25) is 0 Å². The lowest BCUT2D eigenvalue weighted by molar-refractivity contribution is -0.116. The maximum atomic E-state index is 11.9. The summed E-state index contributed by atoms with van der Waals surface area (Å²) in [5, 5.41) is 6.01. The monoisotopic (exact) mass is 327 g/mol. The van der Waals surface area contributed by atoms with Crippen LogP contribution in [0.4, 0.5) is 21.9 Å². The number of hydrogen-bond acceptors (Lipinski definition) is 4. The molecular weight excluding hydrogens is 306 g/mol. The van der Waals surface area contributed by atoms with Crippen LogP contribution in [0.5, 0.6) is 0 Å². The van der Waals surface area contributed by atoms with Crippen LogP contribution in [0, 0.1) is 0 Å². The van der Waals surface area contributed by atoms with Gasteiger partial charge >= 0.3 is 6.09 Å². The van der Waals surface area contributed by atoms with Crippen molar-refractivity contribution in [3.8, 4) is 0 Å². The molecule has 0 aliphatic heterocycles. The molecule has 0 fully saturated rings. The van der Waals surface area contributed by atoms with E-state index in [2.05, 4.69) is 10.6 Å². The van der Waals surface area contributed by atoms with Gasteiger partial charge in [0.15, 0.2) is 0 Å². The summed E-state index contributed by atoms with van der Waals surface area (Å²) in [6, 6.07) is 17.2. The topological polar surface area (TPSA) is 70.7 Å². The molecule has 0 atom stereocenters. The fourth-order valence-corrected chi connectivity index (χ4v) is 2.04. The minimum Gasteiger partial charge on any atom is -0.450 e. The molecule has 0 spiro atoms. The van der Waals surface area contributed by atoms with Crippen LogP contribution in [0.3, 0.4) is 0 Å². The van der Waals surface area contributed by atoms with Crippen LogP contribution in [0.15, 0.2) is 54.6 Å². The van der Waals surface area contributed by atoms with E-state index in [1.165, 1.54) is 11.9 Å². The minimum absolute atomic E-state index is 0.0666. The number of ether oxygens (including phenoxy) is 1. The van der Waals surface area contributed by atoms with Crippen molar-refractivity contribution in [2.24, 2.45) is 0 Å². The second-order valence-electron chi connectivity index (χ2n) is 5.17. The van der Waals surface area contributed by atoms with Gasteiger partial charge in [-0.25, -0.2) is 4.79 Å². The third-order valence-corrected chi connectivity index (χ3v) is 3.19. The van der Waals surface area contributed by atoms with Gasteiger partial charge in [0.05, 0.1) is 6.61 Å². The van der Waals surface area contributed by atoms with Gasteiger partial charge in [-0.1, -0.05) is 18.2 Å². The second kappa shape index (κ2) is 8.57. The third-order valence-electron chi connectivity index (χ3n) is 3.19. The minimum atomic E-state index is -0.518. The van der Waals surface area contributed by atoms with E-state index < -0.39 is 6.09 Å². The zero-order valence-electron chi connectivity index (χ0n) is 13.8. The number of likely N-dealkylation sites (N-methyl/N-ethyl adjacent to an activating group) is 1. The fraction of sp³-hybridized carbons (Fsp3) is 0.222. The second-order valence-corrected chi connectivity index (χ2v) is 5.17. The van der Waals surface area contributed by atoms with Gasteiger partial charge in [-0.05, 0) is 43.3 Å². The van der Waals surface area contributed by atoms with Crippen LogP contribution in [0.25, 0.3) is 0 Å². The summed E-state index contributed by atoms with van der Waals surface area (Å²) in [6.07, 6.45) is -0.518. The van der Waals surface area contributed by atoms with Gasteiger partial charge in [-0.2, -0.15) is 0 Å². The lowest BCUT2D eigenvalue weighted by Gasteiger charge is -2.16. The van der Waals surface area contributed by atoms with Gasteiger partial charge in [-0.3, -0.25) is 4.79 Å². The molecule has 2 rings (SSSR count). The highest BCUT2D eigenvalue weighted by Crippen LogP contribution is 2.18. The lowest BCUT2D eigenvalue weighted by atomic mass is 10.2. The number of carbonyl (C=O) groups excluding carboxylic acids is 2. The maximum Gasteiger partial charge on any atom is 0.409 e. The molecule has 2 aromatic carbocycles. The number of hydrogen-bond donors (Lipinski definition) is 2. The Bertz CT molecular complexity index is 672. The first-order valence-electron chi connectivity index (χ1n) is 7.68. The number of carbonyl (C=O) groups is 2. The maximum absolute atomic E-state index is 11.9. The Morgan fingerprint density at radius 3 is 2.17 bits per heavy atom. The van der Waals surface area contributed by atoms with E-state index in [1.807, 2.05) is 42.5 Å². The van der Waals surface area contributed by atoms with Gasteiger partial charge in [0, 0.05) is 24.1 Å². The van der Waals surface area contributed by atoms with Crippen molar-refractivity contribution in [3.05, 3.63) is 54.6 Å². The van der Waals surface area contributed by atoms with Gasteiger partial charge in [0.2, 0.25) is 5.91 Å². The van der Waals surface area contributed by atoms with E-state index in [-0.39, 0.29) is 19.1 Å². The van der Waals surface area contributed by atoms with E-state index in [4.69, 9.17) is 4.74 Å². The summed E-state index contributed by atoms with van der Waals surface area (Å²) < 4.78 is 4.83. The first-order valence-corrected chi connectivity index (χ1v) is 7.68. The van der Waals surface area contributed by atoms with Crippen molar-refractivity contribution < 1.29 is 14.3 Å². The molecule has 0 heterocycles. The molecule has 2 amide bonds. The average molecular weight is 327 g/mol. The summed E-state index contributed by atoms with van der Waals surface area (Å²) in [7, 11) is 1.52. The Balaban J connectivity index is 1.87. The normalized spacial score (nSPS) is 9.92. The van der Waals surface area contributed by atoms with Gasteiger partial charge in [0.1, 0.15) is 6.54 Å². The van der Waals surface area contributed by atoms with E-state index in [0.29, 0.717) is 5.69 Å². The number of anilines is 3. The molecular formula is C18H21N3O3. The van der Waals surface area contributed by atoms with Crippen LogP contribution in [-0.2, 0) is 9.53 Å². The summed E-state index contributed by atoms with van der Waals surface area (Å²) in [6.45, 7) is 1.93. The first kappa shape index (κ1) is 17.3. The molecule has 24 heavy (non-hydrogen) atoms. The third kappa shape index (κ3) is 5.31. The molecule has 6 nitrogen and oxygen atoms in total. The summed E-state index contributed by atoms with van der Waals surface area (Å²) in [5.41, 5.74) is 2.57. The Hall–Kier alpha value is -3.02. The highest BCUT2D eigenvalue weighted by Gasteiger charge is 2.13. The van der Waals surface area contributed by atoms with Crippen LogP contribution in [-0.4, -0.2) is 37.1 Å². The van der Waals surface area contributed by atoms with Crippen molar-refractivity contribution in [3.63, 3.8) is 0 Å². The Kier molecular flexibility index (Phi) is 6.19. The van der Waals surface area contributed by atoms with E-state index in [1.54, 1.807) is 19.1 Å². The van der Waals surface area contributed by atoms with E-state index in [0.717, 1.165) is 11.4 Å². The molecule has 0 saturated carbocycles. The van der Waals surface area contributed by atoms with Gasteiger partial charge in [-0.15, -0.1) is 0 Å². The number of rotatable bonds is 6. The number of nitrogens with one attached hydrogen (secondary N) is 2. The number of amides is 2. The predicted octanol–water partition coefficient (Wildman–Crippen LogP) is 3.46. The van der Waals surface area contributed by atoms with Crippen molar-refractivity contribution in [1.29, 1.82) is 0 Å². The summed E-state index contributed by atoms with van der Waals surface area (Å²) in [5.74, 6) is -0.283. The lowest BCUT2D eigenvalue weighted by Crippen LogP contribution is -2.35. The first-order chi connectivity index (χ1) is 11.6. The number of para-hydroxylation sites is 1. The highest BCUT2D eigenvalue weighted by molar-refractivity contribution is 5.94. The molecule has 0 aromatic heterocycles. The summed E-state index contributed by atoms with van der Waals surface area (Å²) >= 11 is 0. The van der Waals surface area contributed by atoms with E-state index in [9.17, 15) is 9.59 Å². The Labute approximate surface area is 141 Å². The summed E-state index contributed by atoms with van der Waals surface area (Å²) in [4.78, 5) is 24.6.